The Bertz CT molecular complexity index is 440. The lowest BCUT2D eigenvalue weighted by atomic mass is 10.0. The van der Waals surface area contributed by atoms with Gasteiger partial charge in [0.1, 0.15) is 5.15 Å². The second-order valence-corrected chi connectivity index (χ2v) is 6.63. The van der Waals surface area contributed by atoms with Crippen molar-refractivity contribution in [2.75, 3.05) is 18.0 Å². The fourth-order valence-corrected chi connectivity index (χ4v) is 3.81. The van der Waals surface area contributed by atoms with Gasteiger partial charge in [-0.15, -0.1) is 0 Å². The second kappa shape index (κ2) is 5.49. The molecular weight excluding hydrogens is 361 g/mol. The van der Waals surface area contributed by atoms with Crippen molar-refractivity contribution < 1.29 is 0 Å². The lowest BCUT2D eigenvalue weighted by Gasteiger charge is -2.19. The molecular formula is C13H17ClIN3. The minimum atomic E-state index is 0.596. The van der Waals surface area contributed by atoms with E-state index in [4.69, 9.17) is 16.6 Å². The summed E-state index contributed by atoms with van der Waals surface area (Å²) < 4.78 is 1.06. The molecule has 1 aromatic rings. The molecule has 18 heavy (non-hydrogen) atoms. The molecule has 2 heterocycles. The fourth-order valence-electron chi connectivity index (χ4n) is 2.95. The van der Waals surface area contributed by atoms with Crippen molar-refractivity contribution in [2.45, 2.75) is 44.4 Å². The van der Waals surface area contributed by atoms with Crippen LogP contribution in [0.5, 0.6) is 0 Å². The molecule has 0 bridgehead atoms. The van der Waals surface area contributed by atoms with Gasteiger partial charge in [-0.3, -0.25) is 0 Å². The van der Waals surface area contributed by atoms with Gasteiger partial charge in [-0.25, -0.2) is 4.98 Å². The molecule has 2 fully saturated rings. The second-order valence-electron chi connectivity index (χ2n) is 5.19. The van der Waals surface area contributed by atoms with E-state index in [0.717, 1.165) is 22.6 Å². The van der Waals surface area contributed by atoms with Crippen LogP contribution in [0.1, 0.15) is 50.1 Å². The summed E-state index contributed by atoms with van der Waals surface area (Å²) in [7, 11) is 0. The molecule has 1 aliphatic carbocycles. The average molecular weight is 378 g/mol. The Balaban J connectivity index is 1.95. The zero-order valence-corrected chi connectivity index (χ0v) is 13.2. The lowest BCUT2D eigenvalue weighted by molar-refractivity contribution is 0.685. The third-order valence-corrected chi connectivity index (χ3v) is 5.61. The van der Waals surface area contributed by atoms with Gasteiger partial charge in [0.05, 0.1) is 9.26 Å². The first-order valence-electron chi connectivity index (χ1n) is 6.73. The molecule has 0 radical (unpaired) electrons. The molecule has 3 rings (SSSR count). The summed E-state index contributed by atoms with van der Waals surface area (Å²) in [6, 6.07) is 0. The molecule has 1 aromatic heterocycles. The molecule has 0 unspecified atom stereocenters. The highest BCUT2D eigenvalue weighted by Crippen LogP contribution is 2.37. The fraction of sp³-hybridized carbons (Fsp3) is 0.692. The van der Waals surface area contributed by atoms with Crippen LogP contribution < -0.4 is 4.90 Å². The van der Waals surface area contributed by atoms with Crippen molar-refractivity contribution in [3.8, 4) is 0 Å². The molecule has 98 valence electrons. The van der Waals surface area contributed by atoms with E-state index in [2.05, 4.69) is 32.5 Å². The van der Waals surface area contributed by atoms with Crippen LogP contribution in [-0.4, -0.2) is 23.1 Å². The highest BCUT2D eigenvalue weighted by molar-refractivity contribution is 14.1. The van der Waals surface area contributed by atoms with E-state index in [1.165, 1.54) is 44.2 Å². The summed E-state index contributed by atoms with van der Waals surface area (Å²) in [5.41, 5.74) is 1.19. The van der Waals surface area contributed by atoms with E-state index in [0.29, 0.717) is 11.1 Å². The predicted molar refractivity (Wildman–Crippen MR) is 82.4 cm³/mol. The van der Waals surface area contributed by atoms with Gasteiger partial charge < -0.3 is 4.90 Å². The van der Waals surface area contributed by atoms with Gasteiger partial charge in [-0.2, -0.15) is 4.98 Å². The summed E-state index contributed by atoms with van der Waals surface area (Å²) >= 11 is 8.59. The Labute approximate surface area is 126 Å². The van der Waals surface area contributed by atoms with Gasteiger partial charge in [-0.05, 0) is 48.3 Å². The Morgan fingerprint density at radius 3 is 2.39 bits per heavy atom. The minimum absolute atomic E-state index is 0.596. The van der Waals surface area contributed by atoms with Gasteiger partial charge >= 0.3 is 0 Å². The first-order chi connectivity index (χ1) is 8.75. The molecule has 2 aliphatic rings. The molecule has 0 atom stereocenters. The summed E-state index contributed by atoms with van der Waals surface area (Å²) in [5, 5.41) is 0.634. The molecule has 1 saturated heterocycles. The highest BCUT2D eigenvalue weighted by atomic mass is 127. The number of halogens is 2. The number of hydrogen-bond donors (Lipinski definition) is 0. The van der Waals surface area contributed by atoms with Crippen LogP contribution in [-0.2, 0) is 0 Å². The number of hydrogen-bond acceptors (Lipinski definition) is 3. The zero-order chi connectivity index (χ0) is 12.5. The van der Waals surface area contributed by atoms with E-state index in [9.17, 15) is 0 Å². The minimum Gasteiger partial charge on any atom is -0.341 e. The summed E-state index contributed by atoms with van der Waals surface area (Å²) in [6.07, 6.45) is 7.63. The Kier molecular flexibility index (Phi) is 3.94. The molecule has 3 nitrogen and oxygen atoms in total. The van der Waals surface area contributed by atoms with Gasteiger partial charge in [0.15, 0.2) is 0 Å². The molecule has 1 saturated carbocycles. The molecule has 0 spiro atoms. The van der Waals surface area contributed by atoms with Gasteiger partial charge in [0.2, 0.25) is 5.95 Å². The lowest BCUT2D eigenvalue weighted by Crippen LogP contribution is -2.22. The van der Waals surface area contributed by atoms with Crippen LogP contribution in [0.15, 0.2) is 0 Å². The van der Waals surface area contributed by atoms with Crippen molar-refractivity contribution in [1.82, 2.24) is 9.97 Å². The maximum atomic E-state index is 6.29. The Hall–Kier alpha value is -0.100. The van der Waals surface area contributed by atoms with Crippen molar-refractivity contribution >= 4 is 40.1 Å². The van der Waals surface area contributed by atoms with Crippen LogP contribution in [0.4, 0.5) is 5.95 Å². The molecule has 5 heteroatoms. The summed E-state index contributed by atoms with van der Waals surface area (Å²) in [4.78, 5) is 11.5. The predicted octanol–water partition coefficient (Wildman–Crippen LogP) is 3.99. The smallest absolute Gasteiger partial charge is 0.227 e. The standard InChI is InChI=1S/C13H17ClIN3/c14-12-10(15)11(9-5-1-2-6-9)16-13(17-12)18-7-3-4-8-18/h9H,1-8H2. The van der Waals surface area contributed by atoms with Gasteiger partial charge in [0, 0.05) is 19.0 Å². The van der Waals surface area contributed by atoms with Crippen molar-refractivity contribution in [3.63, 3.8) is 0 Å². The van der Waals surface area contributed by atoms with Gasteiger partial charge in [0.25, 0.3) is 0 Å². The van der Waals surface area contributed by atoms with E-state index in [1.54, 1.807) is 0 Å². The molecule has 0 amide bonds. The van der Waals surface area contributed by atoms with Crippen LogP contribution >= 0.6 is 34.2 Å². The average Bonchev–Trinajstić information content (AvgIpc) is 3.03. The normalized spacial score (nSPS) is 20.9. The number of anilines is 1. The van der Waals surface area contributed by atoms with Crippen LogP contribution in [0, 0.1) is 3.57 Å². The molecule has 0 aromatic carbocycles. The van der Waals surface area contributed by atoms with Crippen LogP contribution in [0.2, 0.25) is 5.15 Å². The first-order valence-corrected chi connectivity index (χ1v) is 8.19. The maximum absolute atomic E-state index is 6.29. The monoisotopic (exact) mass is 377 g/mol. The largest absolute Gasteiger partial charge is 0.341 e. The van der Waals surface area contributed by atoms with E-state index in [1.807, 2.05) is 0 Å². The summed E-state index contributed by atoms with van der Waals surface area (Å²) in [5.74, 6) is 1.44. The number of rotatable bonds is 2. The van der Waals surface area contributed by atoms with E-state index >= 15 is 0 Å². The molecule has 1 aliphatic heterocycles. The number of nitrogens with zero attached hydrogens (tertiary/aromatic N) is 3. The maximum Gasteiger partial charge on any atom is 0.227 e. The Morgan fingerprint density at radius 1 is 1.06 bits per heavy atom. The first kappa shape index (κ1) is 12.9. The highest BCUT2D eigenvalue weighted by Gasteiger charge is 2.25. The zero-order valence-electron chi connectivity index (χ0n) is 10.3. The van der Waals surface area contributed by atoms with Crippen LogP contribution in [0.3, 0.4) is 0 Å². The third kappa shape index (κ3) is 2.46. The number of aromatic nitrogens is 2. The van der Waals surface area contributed by atoms with Crippen LogP contribution in [0.25, 0.3) is 0 Å². The van der Waals surface area contributed by atoms with Crippen molar-refractivity contribution in [1.29, 1.82) is 0 Å². The quantitative estimate of drug-likeness (QED) is 0.576. The van der Waals surface area contributed by atoms with Gasteiger partial charge in [-0.1, -0.05) is 24.4 Å². The van der Waals surface area contributed by atoms with Crippen molar-refractivity contribution in [3.05, 3.63) is 14.4 Å². The Morgan fingerprint density at radius 2 is 1.72 bits per heavy atom. The topological polar surface area (TPSA) is 29.0 Å². The summed E-state index contributed by atoms with van der Waals surface area (Å²) in [6.45, 7) is 2.14. The van der Waals surface area contributed by atoms with E-state index in [-0.39, 0.29) is 0 Å². The third-order valence-electron chi connectivity index (χ3n) is 3.96. The SMILES string of the molecule is Clc1nc(N2CCCC2)nc(C2CCCC2)c1I. The van der Waals surface area contributed by atoms with Crippen molar-refractivity contribution in [2.24, 2.45) is 0 Å². The van der Waals surface area contributed by atoms with E-state index < -0.39 is 0 Å². The molecule has 0 N–H and O–H groups in total.